The van der Waals surface area contributed by atoms with E-state index in [9.17, 15) is 5.11 Å². The predicted molar refractivity (Wildman–Crippen MR) is 148 cm³/mol. The maximum absolute atomic E-state index is 11.1. The summed E-state index contributed by atoms with van der Waals surface area (Å²) in [5, 5.41) is 19.4. The summed E-state index contributed by atoms with van der Waals surface area (Å²) < 4.78 is 7.80. The zero-order valence-corrected chi connectivity index (χ0v) is 23.1. The van der Waals surface area contributed by atoms with E-state index in [0.717, 1.165) is 35.5 Å². The largest absolute Gasteiger partial charge is 0.507 e. The summed E-state index contributed by atoms with van der Waals surface area (Å²) in [6.45, 7) is 9.08. The Balaban J connectivity index is 1.37. The molecule has 0 bridgehead atoms. The topological polar surface area (TPSA) is 86.6 Å². The molecule has 1 saturated carbocycles. The zero-order valence-electron chi connectivity index (χ0n) is 23.1. The molecule has 0 spiro atoms. The van der Waals surface area contributed by atoms with Gasteiger partial charge >= 0.3 is 0 Å². The minimum Gasteiger partial charge on any atom is -0.507 e. The predicted octanol–water partition coefficient (Wildman–Crippen LogP) is 4.91. The maximum atomic E-state index is 11.1. The Morgan fingerprint density at radius 3 is 2.35 bits per heavy atom. The van der Waals surface area contributed by atoms with Crippen LogP contribution in [-0.2, 0) is 0 Å². The van der Waals surface area contributed by atoms with Crippen LogP contribution in [0.25, 0.3) is 16.8 Å². The van der Waals surface area contributed by atoms with Crippen LogP contribution in [0.3, 0.4) is 0 Å². The van der Waals surface area contributed by atoms with Crippen LogP contribution in [0.2, 0.25) is 0 Å². The van der Waals surface area contributed by atoms with Gasteiger partial charge < -0.3 is 20.1 Å². The standard InChI is InChI=1S/C29H42N6O2/c1-28(2)15-22(16-29(3,4)33-28)34(5)26-12-11-23(31-32-26)27-24(36)13-19(14-25(27)37-6)20-17-30-35(18-20)21-9-7-8-10-21/h11-14,17-18,21-22,31-33,36H,7-10,15-16H2,1-6H3. The monoisotopic (exact) mass is 506 g/mol. The second-order valence-electron chi connectivity index (χ2n) is 12.2. The molecule has 2 aliphatic heterocycles. The molecule has 5 rings (SSSR count). The number of allylic oxidation sites excluding steroid dienone is 2. The molecule has 200 valence electrons. The lowest BCUT2D eigenvalue weighted by atomic mass is 9.79. The lowest BCUT2D eigenvalue weighted by Gasteiger charge is -2.49. The Morgan fingerprint density at radius 1 is 1.03 bits per heavy atom. The smallest absolute Gasteiger partial charge is 0.132 e. The maximum Gasteiger partial charge on any atom is 0.132 e. The molecule has 1 aromatic carbocycles. The first-order valence-electron chi connectivity index (χ1n) is 13.5. The van der Waals surface area contributed by atoms with Crippen molar-refractivity contribution in [3.8, 4) is 22.6 Å². The van der Waals surface area contributed by atoms with E-state index in [2.05, 4.69) is 77.9 Å². The Hall–Kier alpha value is -3.13. The van der Waals surface area contributed by atoms with Gasteiger partial charge in [-0.05, 0) is 83.2 Å². The molecule has 3 heterocycles. The fourth-order valence-corrected chi connectivity index (χ4v) is 6.52. The van der Waals surface area contributed by atoms with Crippen LogP contribution in [0.15, 0.2) is 42.5 Å². The van der Waals surface area contributed by atoms with Gasteiger partial charge in [-0.1, -0.05) is 12.8 Å². The highest BCUT2D eigenvalue weighted by atomic mass is 16.5. The van der Waals surface area contributed by atoms with Crippen molar-refractivity contribution in [2.45, 2.75) is 89.4 Å². The Morgan fingerprint density at radius 2 is 1.73 bits per heavy atom. The molecule has 0 radical (unpaired) electrons. The van der Waals surface area contributed by atoms with Crippen molar-refractivity contribution >= 4 is 5.70 Å². The molecule has 1 aliphatic carbocycles. The Labute approximate surface area is 220 Å². The average molecular weight is 507 g/mol. The molecule has 0 amide bonds. The number of benzene rings is 1. The summed E-state index contributed by atoms with van der Waals surface area (Å²) in [4.78, 5) is 2.31. The molecule has 8 nitrogen and oxygen atoms in total. The number of rotatable bonds is 6. The van der Waals surface area contributed by atoms with E-state index in [4.69, 9.17) is 4.74 Å². The van der Waals surface area contributed by atoms with E-state index in [-0.39, 0.29) is 16.8 Å². The van der Waals surface area contributed by atoms with Gasteiger partial charge in [0.05, 0.1) is 30.6 Å². The number of hydrazine groups is 1. The molecule has 1 saturated heterocycles. The Kier molecular flexibility index (Phi) is 6.64. The van der Waals surface area contributed by atoms with Gasteiger partial charge in [0, 0.05) is 35.9 Å². The first-order valence-corrected chi connectivity index (χ1v) is 13.5. The van der Waals surface area contributed by atoms with Crippen molar-refractivity contribution < 1.29 is 9.84 Å². The lowest BCUT2D eigenvalue weighted by Crippen LogP contribution is -2.62. The second kappa shape index (κ2) is 9.63. The van der Waals surface area contributed by atoms with Crippen molar-refractivity contribution in [3.05, 3.63) is 48.1 Å². The van der Waals surface area contributed by atoms with Gasteiger partial charge in [-0.15, -0.1) is 0 Å². The molecule has 2 aromatic rings. The van der Waals surface area contributed by atoms with Crippen LogP contribution in [-0.4, -0.2) is 51.1 Å². The highest BCUT2D eigenvalue weighted by Crippen LogP contribution is 2.39. The van der Waals surface area contributed by atoms with Crippen LogP contribution in [0.4, 0.5) is 0 Å². The highest BCUT2D eigenvalue weighted by Gasteiger charge is 2.39. The molecule has 3 aliphatic rings. The van der Waals surface area contributed by atoms with Crippen molar-refractivity contribution in [2.24, 2.45) is 0 Å². The van der Waals surface area contributed by atoms with Gasteiger partial charge in [-0.25, -0.2) is 0 Å². The number of nitrogens with zero attached hydrogens (tertiary/aromatic N) is 3. The highest BCUT2D eigenvalue weighted by molar-refractivity contribution is 5.80. The summed E-state index contributed by atoms with van der Waals surface area (Å²) >= 11 is 0. The lowest BCUT2D eigenvalue weighted by molar-refractivity contribution is 0.0941. The molecule has 1 aromatic heterocycles. The van der Waals surface area contributed by atoms with E-state index in [1.807, 2.05) is 18.3 Å². The van der Waals surface area contributed by atoms with Crippen LogP contribution in [0.5, 0.6) is 11.5 Å². The normalized spacial score (nSPS) is 21.6. The van der Waals surface area contributed by atoms with Crippen molar-refractivity contribution in [1.29, 1.82) is 0 Å². The summed E-state index contributed by atoms with van der Waals surface area (Å²) in [5.41, 5.74) is 10.0. The van der Waals surface area contributed by atoms with Gasteiger partial charge in [-0.3, -0.25) is 15.5 Å². The molecule has 8 heteroatoms. The van der Waals surface area contributed by atoms with Gasteiger partial charge in [0.2, 0.25) is 0 Å². The average Bonchev–Trinajstić information content (AvgIpc) is 3.53. The number of hydrogen-bond acceptors (Lipinski definition) is 7. The summed E-state index contributed by atoms with van der Waals surface area (Å²) in [6, 6.07) is 4.64. The van der Waals surface area contributed by atoms with Crippen molar-refractivity contribution in [1.82, 2.24) is 30.8 Å². The van der Waals surface area contributed by atoms with Gasteiger partial charge in [-0.2, -0.15) is 5.10 Å². The third kappa shape index (κ3) is 5.30. The molecule has 4 N–H and O–H groups in total. The molecule has 37 heavy (non-hydrogen) atoms. The van der Waals surface area contributed by atoms with E-state index in [1.165, 1.54) is 25.7 Å². The molecular formula is C29H42N6O2. The number of piperidine rings is 1. The van der Waals surface area contributed by atoms with E-state index < -0.39 is 0 Å². The second-order valence-corrected chi connectivity index (χ2v) is 12.2. The number of ether oxygens (including phenoxy) is 1. The summed E-state index contributed by atoms with van der Waals surface area (Å²) in [5.74, 6) is 1.77. The van der Waals surface area contributed by atoms with Crippen molar-refractivity contribution in [2.75, 3.05) is 14.2 Å². The Bertz CT molecular complexity index is 1190. The van der Waals surface area contributed by atoms with Gasteiger partial charge in [0.15, 0.2) is 0 Å². The molecule has 2 fully saturated rings. The van der Waals surface area contributed by atoms with Crippen molar-refractivity contribution in [3.63, 3.8) is 0 Å². The summed E-state index contributed by atoms with van der Waals surface area (Å²) in [7, 11) is 3.77. The number of hydrogen-bond donors (Lipinski definition) is 4. The fraction of sp³-hybridized carbons (Fsp3) is 0.552. The van der Waals surface area contributed by atoms with E-state index in [1.54, 1.807) is 13.2 Å². The van der Waals surface area contributed by atoms with E-state index in [0.29, 0.717) is 23.4 Å². The van der Waals surface area contributed by atoms with E-state index >= 15 is 0 Å². The third-order valence-electron chi connectivity index (χ3n) is 8.03. The number of phenolic OH excluding ortho intramolecular Hbond substituents is 1. The number of methoxy groups -OCH3 is 1. The SMILES string of the molecule is COc1cc(-c2cnn(C3CCCC3)c2)cc(O)c1C1=CC=C(N(C)C2CC(C)(C)NC(C)(C)C2)NN1. The third-order valence-corrected chi connectivity index (χ3v) is 8.03. The quantitative estimate of drug-likeness (QED) is 0.443. The first kappa shape index (κ1) is 25.5. The number of aromatic nitrogens is 2. The summed E-state index contributed by atoms with van der Waals surface area (Å²) in [6.07, 6.45) is 15.0. The van der Waals surface area contributed by atoms with Crippen LogP contribution in [0, 0.1) is 0 Å². The first-order chi connectivity index (χ1) is 17.5. The number of aromatic hydroxyl groups is 1. The van der Waals surface area contributed by atoms with Gasteiger partial charge in [0.25, 0.3) is 0 Å². The number of phenols is 1. The molecular weight excluding hydrogens is 464 g/mol. The minimum absolute atomic E-state index is 0.0683. The fourth-order valence-electron chi connectivity index (χ4n) is 6.52. The molecule has 0 atom stereocenters. The van der Waals surface area contributed by atoms with Crippen LogP contribution in [0.1, 0.15) is 77.8 Å². The van der Waals surface area contributed by atoms with Gasteiger partial charge in [0.1, 0.15) is 17.3 Å². The van der Waals surface area contributed by atoms with Crippen LogP contribution < -0.4 is 20.9 Å². The molecule has 0 unspecified atom stereocenters. The number of nitrogens with one attached hydrogen (secondary N) is 3. The zero-order chi connectivity index (χ0) is 26.4. The van der Waals surface area contributed by atoms with Crippen LogP contribution >= 0.6 is 0 Å². The minimum atomic E-state index is 0.0683.